The van der Waals surface area contributed by atoms with Crippen molar-refractivity contribution >= 4 is 55.7 Å². The Balaban J connectivity index is 1.87. The zero-order valence-corrected chi connectivity index (χ0v) is 16.7. The number of fused-ring (bicyclic) bond motifs is 3. The van der Waals surface area contributed by atoms with E-state index in [9.17, 15) is 4.79 Å². The highest BCUT2D eigenvalue weighted by Crippen LogP contribution is 2.29. The normalized spacial score (nSPS) is 11.6. The average Bonchev–Trinajstić information content (AvgIpc) is 3.23. The highest BCUT2D eigenvalue weighted by Gasteiger charge is 2.16. The number of benzene rings is 1. The molecule has 0 saturated heterocycles. The lowest BCUT2D eigenvalue weighted by Crippen LogP contribution is -2.23. The van der Waals surface area contributed by atoms with Crippen LogP contribution >= 0.6 is 39.0 Å². The smallest absolute Gasteiger partial charge is 0.262 e. The van der Waals surface area contributed by atoms with Crippen LogP contribution in [0.2, 0.25) is 0 Å². The third-order valence-electron chi connectivity index (χ3n) is 3.90. The number of hydrogen-bond donors (Lipinski definition) is 0. The molecule has 0 amide bonds. The Labute approximate surface area is 160 Å². The average molecular weight is 435 g/mol. The second kappa shape index (κ2) is 6.93. The Morgan fingerprint density at radius 1 is 1.20 bits per heavy atom. The van der Waals surface area contributed by atoms with Crippen LogP contribution in [0.5, 0.6) is 0 Å². The Bertz CT molecular complexity index is 1110. The molecule has 0 aliphatic heterocycles. The molecule has 1 aromatic carbocycles. The van der Waals surface area contributed by atoms with E-state index in [1.165, 1.54) is 4.88 Å². The second-order valence-electron chi connectivity index (χ2n) is 5.59. The number of aryl methyl sites for hydroxylation is 1. The second-order valence-corrected chi connectivity index (χ2v) is 9.08. The number of para-hydroxylation sites is 1. The molecule has 0 bridgehead atoms. The lowest BCUT2D eigenvalue weighted by molar-refractivity contribution is 0.662. The van der Waals surface area contributed by atoms with Gasteiger partial charge in [0.25, 0.3) is 5.56 Å². The summed E-state index contributed by atoms with van der Waals surface area (Å²) in [7, 11) is 0. The summed E-state index contributed by atoms with van der Waals surface area (Å²) in [6, 6.07) is 11.8. The molecule has 0 unspecified atom stereocenters. The van der Waals surface area contributed by atoms with E-state index in [1.54, 1.807) is 27.7 Å². The molecule has 4 aromatic rings. The zero-order valence-electron chi connectivity index (χ0n) is 13.5. The topological polar surface area (TPSA) is 52.2 Å². The highest BCUT2D eigenvalue weighted by atomic mass is 79.9. The van der Waals surface area contributed by atoms with Gasteiger partial charge in [-0.25, -0.2) is 0 Å². The third kappa shape index (κ3) is 3.02. The zero-order chi connectivity index (χ0) is 17.4. The van der Waals surface area contributed by atoms with Gasteiger partial charge in [-0.1, -0.05) is 30.8 Å². The SMILES string of the molecule is CCCn1c(=O)c2ccccc2n2c(SCc3ccc(Br)s3)nnc12. The van der Waals surface area contributed by atoms with E-state index >= 15 is 0 Å². The van der Waals surface area contributed by atoms with Crippen molar-refractivity contribution in [3.8, 4) is 0 Å². The van der Waals surface area contributed by atoms with E-state index in [0.29, 0.717) is 17.7 Å². The fraction of sp³-hybridized carbons (Fsp3) is 0.235. The van der Waals surface area contributed by atoms with Crippen molar-refractivity contribution in [2.24, 2.45) is 0 Å². The summed E-state index contributed by atoms with van der Waals surface area (Å²) < 4.78 is 4.84. The molecule has 0 saturated carbocycles. The maximum Gasteiger partial charge on any atom is 0.262 e. The van der Waals surface area contributed by atoms with Crippen LogP contribution in [0.25, 0.3) is 16.7 Å². The molecule has 0 atom stereocenters. The van der Waals surface area contributed by atoms with Crippen molar-refractivity contribution in [3.63, 3.8) is 0 Å². The van der Waals surface area contributed by atoms with Crippen LogP contribution in [0, 0.1) is 0 Å². The van der Waals surface area contributed by atoms with Gasteiger partial charge in [-0.3, -0.25) is 13.8 Å². The summed E-state index contributed by atoms with van der Waals surface area (Å²) in [6.07, 6.45) is 0.868. The van der Waals surface area contributed by atoms with Gasteiger partial charge in [-0.05, 0) is 46.6 Å². The molecule has 128 valence electrons. The van der Waals surface area contributed by atoms with Crippen molar-refractivity contribution in [1.82, 2.24) is 19.2 Å². The largest absolute Gasteiger partial charge is 0.276 e. The molecule has 0 aliphatic carbocycles. The number of thioether (sulfide) groups is 1. The standard InChI is InChI=1S/C17H15BrN4OS2/c1-2-9-21-15(23)12-5-3-4-6-13(12)22-16(21)19-20-17(22)24-10-11-7-8-14(18)25-11/h3-8H,2,9-10H2,1H3. The van der Waals surface area contributed by atoms with Gasteiger partial charge in [0, 0.05) is 17.2 Å². The molecule has 3 aromatic heterocycles. The first kappa shape index (κ1) is 16.8. The van der Waals surface area contributed by atoms with Crippen LogP contribution in [0.1, 0.15) is 18.2 Å². The minimum absolute atomic E-state index is 0.00362. The predicted octanol–water partition coefficient (Wildman–Crippen LogP) is 4.57. The van der Waals surface area contributed by atoms with E-state index in [4.69, 9.17) is 0 Å². The van der Waals surface area contributed by atoms with E-state index in [-0.39, 0.29) is 5.56 Å². The van der Waals surface area contributed by atoms with Gasteiger partial charge in [-0.2, -0.15) is 0 Å². The van der Waals surface area contributed by atoms with Crippen LogP contribution in [0.4, 0.5) is 0 Å². The summed E-state index contributed by atoms with van der Waals surface area (Å²) >= 11 is 6.85. The van der Waals surface area contributed by atoms with Gasteiger partial charge in [0.15, 0.2) is 5.16 Å². The summed E-state index contributed by atoms with van der Waals surface area (Å²) in [6.45, 7) is 2.69. The van der Waals surface area contributed by atoms with E-state index in [1.807, 2.05) is 28.7 Å². The molecule has 0 N–H and O–H groups in total. The van der Waals surface area contributed by atoms with E-state index in [0.717, 1.165) is 26.6 Å². The lowest BCUT2D eigenvalue weighted by atomic mass is 10.2. The van der Waals surface area contributed by atoms with Crippen molar-refractivity contribution in [3.05, 3.63) is 55.4 Å². The van der Waals surface area contributed by atoms with Gasteiger partial charge >= 0.3 is 0 Å². The first-order chi connectivity index (χ1) is 12.2. The van der Waals surface area contributed by atoms with Crippen molar-refractivity contribution in [2.45, 2.75) is 30.8 Å². The first-order valence-corrected chi connectivity index (χ1v) is 10.5. The number of aromatic nitrogens is 4. The molecule has 5 nitrogen and oxygen atoms in total. The Kier molecular flexibility index (Phi) is 4.66. The van der Waals surface area contributed by atoms with E-state index in [2.05, 4.69) is 45.2 Å². The predicted molar refractivity (Wildman–Crippen MR) is 107 cm³/mol. The monoisotopic (exact) mass is 434 g/mol. The van der Waals surface area contributed by atoms with Crippen LogP contribution < -0.4 is 5.56 Å². The first-order valence-electron chi connectivity index (χ1n) is 7.92. The number of nitrogens with zero attached hydrogens (tertiary/aromatic N) is 4. The maximum atomic E-state index is 12.8. The minimum atomic E-state index is -0.00362. The van der Waals surface area contributed by atoms with Crippen LogP contribution in [-0.4, -0.2) is 19.2 Å². The Morgan fingerprint density at radius 3 is 2.80 bits per heavy atom. The molecular formula is C17H15BrN4OS2. The fourth-order valence-corrected chi connectivity index (χ4v) is 5.28. The number of rotatable bonds is 5. The van der Waals surface area contributed by atoms with E-state index < -0.39 is 0 Å². The summed E-state index contributed by atoms with van der Waals surface area (Å²) in [5.41, 5.74) is 0.853. The van der Waals surface area contributed by atoms with Gasteiger partial charge in [0.2, 0.25) is 5.78 Å². The number of thiophene rings is 1. The van der Waals surface area contributed by atoms with Gasteiger partial charge in [0.05, 0.1) is 14.7 Å². The summed E-state index contributed by atoms with van der Waals surface area (Å²) in [4.78, 5) is 14.1. The van der Waals surface area contributed by atoms with Crippen LogP contribution in [0.3, 0.4) is 0 Å². The molecule has 0 aliphatic rings. The van der Waals surface area contributed by atoms with Crippen LogP contribution in [-0.2, 0) is 12.3 Å². The Hall–Kier alpha value is -1.64. The van der Waals surface area contributed by atoms with Crippen LogP contribution in [0.15, 0.2) is 50.1 Å². The molecule has 3 heterocycles. The number of hydrogen-bond acceptors (Lipinski definition) is 5. The molecule has 0 fully saturated rings. The summed E-state index contributed by atoms with van der Waals surface area (Å²) in [5, 5.41) is 10.2. The summed E-state index contributed by atoms with van der Waals surface area (Å²) in [5.74, 6) is 1.43. The quantitative estimate of drug-likeness (QED) is 0.431. The minimum Gasteiger partial charge on any atom is -0.276 e. The molecule has 0 spiro atoms. The maximum absolute atomic E-state index is 12.8. The molecule has 25 heavy (non-hydrogen) atoms. The lowest BCUT2D eigenvalue weighted by Gasteiger charge is -2.10. The highest BCUT2D eigenvalue weighted by molar-refractivity contribution is 9.11. The Morgan fingerprint density at radius 2 is 2.04 bits per heavy atom. The van der Waals surface area contributed by atoms with Crippen molar-refractivity contribution < 1.29 is 0 Å². The van der Waals surface area contributed by atoms with Gasteiger partial charge < -0.3 is 0 Å². The fourth-order valence-electron chi connectivity index (χ4n) is 2.82. The van der Waals surface area contributed by atoms with Crippen molar-refractivity contribution in [2.75, 3.05) is 0 Å². The third-order valence-corrected chi connectivity index (χ3v) is 6.68. The van der Waals surface area contributed by atoms with Crippen molar-refractivity contribution in [1.29, 1.82) is 0 Å². The molecule has 0 radical (unpaired) electrons. The molecule has 8 heteroatoms. The van der Waals surface area contributed by atoms with Gasteiger partial charge in [-0.15, -0.1) is 21.5 Å². The number of halogens is 1. The molecule has 4 rings (SSSR count). The van der Waals surface area contributed by atoms with Gasteiger partial charge in [0.1, 0.15) is 0 Å². The molecular weight excluding hydrogens is 420 g/mol.